The van der Waals surface area contributed by atoms with E-state index in [-0.39, 0.29) is 11.9 Å². The molecule has 1 fully saturated rings. The molecular weight excluding hydrogens is 518 g/mol. The van der Waals surface area contributed by atoms with Gasteiger partial charge in [0, 0.05) is 55.1 Å². The fourth-order valence-corrected chi connectivity index (χ4v) is 5.10. The highest BCUT2D eigenvalue weighted by atomic mass is 32.2. The number of urea groups is 1. The quantitative estimate of drug-likeness (QED) is 0.364. The predicted molar refractivity (Wildman–Crippen MR) is 149 cm³/mol. The van der Waals surface area contributed by atoms with Crippen LogP contribution in [0.15, 0.2) is 85.1 Å². The molecule has 0 aliphatic carbocycles. The van der Waals surface area contributed by atoms with Crippen molar-refractivity contribution in [3.63, 3.8) is 0 Å². The topological polar surface area (TPSA) is 118 Å². The number of aromatic nitrogens is 1. The number of nitrogens with zero attached hydrogens (tertiary/aromatic N) is 4. The van der Waals surface area contributed by atoms with Crippen molar-refractivity contribution < 1.29 is 23.1 Å². The summed E-state index contributed by atoms with van der Waals surface area (Å²) in [6.45, 7) is 1.53. The Morgan fingerprint density at radius 2 is 1.64 bits per heavy atom. The Morgan fingerprint density at radius 3 is 2.36 bits per heavy atom. The number of hydrogen-bond acceptors (Lipinski definition) is 6. The van der Waals surface area contributed by atoms with Crippen LogP contribution in [0.4, 0.5) is 21.9 Å². The molecule has 0 saturated carbocycles. The Kier molecular flexibility index (Phi) is 7.71. The van der Waals surface area contributed by atoms with Crippen molar-refractivity contribution in [1.29, 1.82) is 0 Å². The predicted octanol–water partition coefficient (Wildman–Crippen LogP) is 4.17. The first-order chi connectivity index (χ1) is 18.9. The highest BCUT2D eigenvalue weighted by molar-refractivity contribution is 7.81. The molecule has 5 rings (SSSR count). The largest absolute Gasteiger partial charge is 0.755 e. The van der Waals surface area contributed by atoms with E-state index in [4.69, 9.17) is 4.74 Å². The molecule has 3 amide bonds. The highest BCUT2D eigenvalue weighted by Gasteiger charge is 2.25. The molecule has 200 valence electrons. The number of carbonyl (C=O) groups is 2. The summed E-state index contributed by atoms with van der Waals surface area (Å²) in [6, 6.07) is 22.3. The standard InChI is InChI=1S/C28H27N5O5S/c1-38-24-8-3-7-22(19-24)30-28(35)32-17-15-31(16-18-32)27(34)21-10-12-23(13-11-21)33(39(36)37)25-9-2-5-20-6-4-14-29-26(20)25/h2-14,19H,15-18H2,1H3,(H,30,35)(H,36,37)/p-1. The molecule has 1 aliphatic heterocycles. The average molecular weight is 545 g/mol. The SMILES string of the molecule is COc1cccc(NC(=O)N2CCN(C(=O)c3ccc(N(c4cccc5cccnc45)S(=O)[O-])cc3)CC2)c1. The van der Waals surface area contributed by atoms with Gasteiger partial charge in [-0.3, -0.25) is 18.3 Å². The molecule has 10 nitrogen and oxygen atoms in total. The van der Waals surface area contributed by atoms with E-state index < -0.39 is 11.3 Å². The highest BCUT2D eigenvalue weighted by Crippen LogP contribution is 2.32. The third-order valence-corrected chi connectivity index (χ3v) is 7.21. The first kappa shape index (κ1) is 26.1. The number of carbonyl (C=O) groups excluding carboxylic acids is 2. The van der Waals surface area contributed by atoms with Gasteiger partial charge in [-0.25, -0.2) is 4.79 Å². The number of para-hydroxylation sites is 1. The molecule has 1 saturated heterocycles. The molecule has 1 aromatic heterocycles. The lowest BCUT2D eigenvalue weighted by molar-refractivity contribution is 0.0671. The molecule has 0 bridgehead atoms. The van der Waals surface area contributed by atoms with Crippen molar-refractivity contribution in [2.45, 2.75) is 0 Å². The van der Waals surface area contributed by atoms with Crippen LogP contribution in [0.2, 0.25) is 0 Å². The molecule has 1 atom stereocenters. The minimum absolute atomic E-state index is 0.184. The van der Waals surface area contributed by atoms with Gasteiger partial charge < -0.3 is 24.4 Å². The monoisotopic (exact) mass is 544 g/mol. The zero-order valence-electron chi connectivity index (χ0n) is 21.1. The molecule has 39 heavy (non-hydrogen) atoms. The Labute approximate surface area is 228 Å². The summed E-state index contributed by atoms with van der Waals surface area (Å²) in [5.41, 5.74) is 2.42. The molecule has 4 aromatic rings. The molecule has 1 N–H and O–H groups in total. The fraction of sp³-hybridized carbons (Fsp3) is 0.179. The van der Waals surface area contributed by atoms with Crippen molar-refractivity contribution in [2.24, 2.45) is 0 Å². The number of rotatable bonds is 6. The van der Waals surface area contributed by atoms with Crippen molar-refractivity contribution in [1.82, 2.24) is 14.8 Å². The number of fused-ring (bicyclic) bond motifs is 1. The number of amides is 3. The number of ether oxygens (including phenoxy) is 1. The van der Waals surface area contributed by atoms with Gasteiger partial charge in [0.15, 0.2) is 0 Å². The van der Waals surface area contributed by atoms with Gasteiger partial charge in [0.05, 0.1) is 35.3 Å². The third-order valence-electron chi connectivity index (χ3n) is 6.50. The Balaban J connectivity index is 1.24. The van der Waals surface area contributed by atoms with Crippen molar-refractivity contribution in [2.75, 3.05) is 42.9 Å². The maximum absolute atomic E-state index is 13.1. The van der Waals surface area contributed by atoms with Gasteiger partial charge in [0.25, 0.3) is 5.91 Å². The zero-order valence-corrected chi connectivity index (χ0v) is 22.0. The summed E-state index contributed by atoms with van der Waals surface area (Å²) in [7, 11) is 1.56. The van der Waals surface area contributed by atoms with E-state index in [0.29, 0.717) is 60.1 Å². The lowest BCUT2D eigenvalue weighted by Gasteiger charge is -2.35. The van der Waals surface area contributed by atoms with E-state index in [9.17, 15) is 18.4 Å². The maximum atomic E-state index is 13.1. The van der Waals surface area contributed by atoms with Crippen LogP contribution in [0.1, 0.15) is 10.4 Å². The van der Waals surface area contributed by atoms with Crippen LogP contribution in [0, 0.1) is 0 Å². The molecule has 1 aliphatic rings. The molecule has 0 spiro atoms. The van der Waals surface area contributed by atoms with Crippen molar-refractivity contribution in [3.05, 3.63) is 90.6 Å². The van der Waals surface area contributed by atoms with Gasteiger partial charge >= 0.3 is 6.03 Å². The Bertz CT molecular complexity index is 1520. The smallest absolute Gasteiger partial charge is 0.321 e. The van der Waals surface area contributed by atoms with Crippen molar-refractivity contribution in [3.8, 4) is 5.75 Å². The average Bonchev–Trinajstić information content (AvgIpc) is 2.97. The second-order valence-corrected chi connectivity index (χ2v) is 9.65. The maximum Gasteiger partial charge on any atom is 0.321 e. The first-order valence-electron chi connectivity index (χ1n) is 12.3. The lowest BCUT2D eigenvalue weighted by Crippen LogP contribution is -2.51. The number of pyridine rings is 1. The summed E-state index contributed by atoms with van der Waals surface area (Å²) in [6.07, 6.45) is 1.61. The van der Waals surface area contributed by atoms with Gasteiger partial charge in [-0.05, 0) is 48.5 Å². The lowest BCUT2D eigenvalue weighted by atomic mass is 10.1. The number of hydrogen-bond donors (Lipinski definition) is 1. The van der Waals surface area contributed by atoms with Gasteiger partial charge in [0.2, 0.25) is 0 Å². The normalized spacial score (nSPS) is 14.1. The summed E-state index contributed by atoms with van der Waals surface area (Å²) in [5.74, 6) is 0.462. The molecular formula is C28H26N5O5S-. The van der Waals surface area contributed by atoms with Gasteiger partial charge in [-0.15, -0.1) is 0 Å². The Hall–Kier alpha value is -4.48. The molecule has 2 heterocycles. The Morgan fingerprint density at radius 1 is 0.949 bits per heavy atom. The molecule has 1 unspecified atom stereocenters. The molecule has 0 radical (unpaired) electrons. The summed E-state index contributed by atoms with van der Waals surface area (Å²) >= 11 is -2.61. The van der Waals surface area contributed by atoms with E-state index in [1.165, 1.54) is 0 Å². The number of nitrogens with one attached hydrogen (secondary N) is 1. The number of piperazine rings is 1. The second kappa shape index (κ2) is 11.5. The van der Waals surface area contributed by atoms with E-state index in [2.05, 4.69) is 10.3 Å². The van der Waals surface area contributed by atoms with E-state index in [1.54, 1.807) is 89.8 Å². The minimum atomic E-state index is -2.61. The molecule has 11 heteroatoms. The van der Waals surface area contributed by atoms with Gasteiger partial charge in [-0.2, -0.15) is 0 Å². The van der Waals surface area contributed by atoms with Crippen LogP contribution in [0.25, 0.3) is 10.9 Å². The van der Waals surface area contributed by atoms with Gasteiger partial charge in [0.1, 0.15) is 5.75 Å². The zero-order chi connectivity index (χ0) is 27.4. The summed E-state index contributed by atoms with van der Waals surface area (Å²) in [4.78, 5) is 33.5. The summed E-state index contributed by atoms with van der Waals surface area (Å²) < 4.78 is 30.8. The first-order valence-corrected chi connectivity index (χ1v) is 13.3. The van der Waals surface area contributed by atoms with Gasteiger partial charge in [-0.1, -0.05) is 24.3 Å². The van der Waals surface area contributed by atoms with Crippen LogP contribution in [-0.2, 0) is 11.3 Å². The number of benzene rings is 3. The fourth-order valence-electron chi connectivity index (χ4n) is 4.50. The second-order valence-electron chi connectivity index (χ2n) is 8.85. The van der Waals surface area contributed by atoms with Crippen LogP contribution >= 0.6 is 0 Å². The minimum Gasteiger partial charge on any atom is -0.755 e. The number of anilines is 3. The van der Waals surface area contributed by atoms with Crippen molar-refractivity contribution >= 4 is 51.2 Å². The van der Waals surface area contributed by atoms with Crippen LogP contribution in [0.3, 0.4) is 0 Å². The third kappa shape index (κ3) is 5.69. The number of methoxy groups -OCH3 is 1. The van der Waals surface area contributed by atoms with Crippen LogP contribution < -0.4 is 14.4 Å². The van der Waals surface area contributed by atoms with Crippen LogP contribution in [-0.4, -0.2) is 68.8 Å². The van der Waals surface area contributed by atoms with Crippen LogP contribution in [0.5, 0.6) is 5.75 Å². The summed E-state index contributed by atoms with van der Waals surface area (Å²) in [5, 5.41) is 3.67. The van der Waals surface area contributed by atoms with E-state index in [0.717, 1.165) is 9.69 Å². The van der Waals surface area contributed by atoms with E-state index in [1.807, 2.05) is 12.1 Å². The molecule has 3 aromatic carbocycles. The van der Waals surface area contributed by atoms with E-state index >= 15 is 0 Å².